The summed E-state index contributed by atoms with van der Waals surface area (Å²) in [4.78, 5) is 16.6. The quantitative estimate of drug-likeness (QED) is 0.682. The van der Waals surface area contributed by atoms with E-state index in [1.807, 2.05) is 17.5 Å². The molecule has 122 valence electrons. The number of thiazole rings is 1. The molecule has 0 unspecified atom stereocenters. The molecule has 0 saturated heterocycles. The predicted molar refractivity (Wildman–Crippen MR) is 101 cm³/mol. The van der Waals surface area contributed by atoms with E-state index in [1.54, 1.807) is 12.1 Å². The largest absolute Gasteiger partial charge is 0.302 e. The Labute approximate surface area is 150 Å². The number of hydrogen-bond donors (Lipinski definition) is 1. The van der Waals surface area contributed by atoms with Crippen molar-refractivity contribution >= 4 is 34.0 Å². The van der Waals surface area contributed by atoms with Crippen LogP contribution in [0.15, 0.2) is 53.9 Å². The van der Waals surface area contributed by atoms with E-state index < -0.39 is 0 Å². The van der Waals surface area contributed by atoms with Gasteiger partial charge in [0.25, 0.3) is 0 Å². The van der Waals surface area contributed by atoms with E-state index in [1.165, 1.54) is 16.9 Å². The number of halogens is 1. The molecule has 24 heavy (non-hydrogen) atoms. The van der Waals surface area contributed by atoms with Crippen LogP contribution >= 0.6 is 22.9 Å². The monoisotopic (exact) mass is 356 g/mol. The Hall–Kier alpha value is -2.17. The number of amides is 1. The summed E-state index contributed by atoms with van der Waals surface area (Å²) in [5, 5.41) is 6.04. The van der Waals surface area contributed by atoms with Crippen molar-refractivity contribution in [3.63, 3.8) is 0 Å². The van der Waals surface area contributed by atoms with Crippen molar-refractivity contribution < 1.29 is 4.79 Å². The van der Waals surface area contributed by atoms with Crippen LogP contribution in [0.25, 0.3) is 11.3 Å². The average Bonchev–Trinajstić information content (AvgIpc) is 3.03. The first-order valence-electron chi connectivity index (χ1n) is 7.73. The fourth-order valence-electron chi connectivity index (χ4n) is 2.37. The molecule has 0 radical (unpaired) electrons. The van der Waals surface area contributed by atoms with Gasteiger partial charge in [-0.05, 0) is 29.7 Å². The lowest BCUT2D eigenvalue weighted by atomic mass is 10.1. The number of carbonyl (C=O) groups is 1. The summed E-state index contributed by atoms with van der Waals surface area (Å²) in [5.74, 6) is -0.0977. The zero-order valence-electron chi connectivity index (χ0n) is 13.3. The van der Waals surface area contributed by atoms with Gasteiger partial charge in [0, 0.05) is 16.0 Å². The Bertz CT molecular complexity index is 843. The molecule has 1 amide bonds. The van der Waals surface area contributed by atoms with E-state index in [0.717, 1.165) is 23.2 Å². The molecule has 0 atom stereocenters. The third-order valence-electron chi connectivity index (χ3n) is 3.66. The van der Waals surface area contributed by atoms with E-state index >= 15 is 0 Å². The lowest BCUT2D eigenvalue weighted by Gasteiger charge is -2.03. The van der Waals surface area contributed by atoms with Gasteiger partial charge in [-0.3, -0.25) is 4.79 Å². The van der Waals surface area contributed by atoms with E-state index in [9.17, 15) is 4.79 Å². The van der Waals surface area contributed by atoms with Gasteiger partial charge in [0.05, 0.1) is 12.1 Å². The van der Waals surface area contributed by atoms with Crippen LogP contribution < -0.4 is 5.32 Å². The smallest absolute Gasteiger partial charge is 0.230 e. The van der Waals surface area contributed by atoms with E-state index in [0.29, 0.717) is 10.2 Å². The molecule has 0 aliphatic rings. The molecule has 1 N–H and O–H groups in total. The number of carbonyl (C=O) groups excluding carboxylic acids is 1. The first-order valence-corrected chi connectivity index (χ1v) is 8.99. The Morgan fingerprint density at radius 3 is 2.67 bits per heavy atom. The standard InChI is InChI=1S/C19H17ClN2OS/c1-2-13-6-8-15(9-7-13)17-12-24-19(21-17)22-18(23)11-14-4-3-5-16(20)10-14/h3-10,12H,2,11H2,1H3,(H,21,22,23). The minimum absolute atomic E-state index is 0.0977. The van der Waals surface area contributed by atoms with Gasteiger partial charge in [-0.1, -0.05) is 54.9 Å². The highest BCUT2D eigenvalue weighted by Crippen LogP contribution is 2.25. The topological polar surface area (TPSA) is 42.0 Å². The van der Waals surface area contributed by atoms with Crippen molar-refractivity contribution in [2.75, 3.05) is 5.32 Å². The molecule has 2 aromatic carbocycles. The number of aromatic nitrogens is 1. The minimum atomic E-state index is -0.0977. The molecule has 0 bridgehead atoms. The fraction of sp³-hybridized carbons (Fsp3) is 0.158. The summed E-state index contributed by atoms with van der Waals surface area (Å²) in [6.45, 7) is 2.13. The Kier molecular flexibility index (Phi) is 5.28. The number of hydrogen-bond acceptors (Lipinski definition) is 3. The van der Waals surface area contributed by atoms with Gasteiger partial charge in [0.2, 0.25) is 5.91 Å². The van der Waals surface area contributed by atoms with Crippen LogP contribution in [0.5, 0.6) is 0 Å². The van der Waals surface area contributed by atoms with Crippen molar-refractivity contribution in [1.82, 2.24) is 4.98 Å². The minimum Gasteiger partial charge on any atom is -0.302 e. The third kappa shape index (κ3) is 4.22. The molecular weight excluding hydrogens is 340 g/mol. The predicted octanol–water partition coefficient (Wildman–Crippen LogP) is 5.21. The number of rotatable bonds is 5. The van der Waals surface area contributed by atoms with Crippen molar-refractivity contribution in [3.8, 4) is 11.3 Å². The SMILES string of the molecule is CCc1ccc(-c2csc(NC(=O)Cc3cccc(Cl)c3)n2)cc1. The van der Waals surface area contributed by atoms with Gasteiger partial charge in [-0.2, -0.15) is 0 Å². The summed E-state index contributed by atoms with van der Waals surface area (Å²) >= 11 is 7.37. The van der Waals surface area contributed by atoms with Crippen LogP contribution in [-0.4, -0.2) is 10.9 Å². The number of anilines is 1. The molecule has 3 aromatic rings. The van der Waals surface area contributed by atoms with Crippen LogP contribution in [0.2, 0.25) is 5.02 Å². The summed E-state index contributed by atoms with van der Waals surface area (Å²) in [5.41, 5.74) is 4.11. The lowest BCUT2D eigenvalue weighted by molar-refractivity contribution is -0.115. The molecule has 3 nitrogen and oxygen atoms in total. The van der Waals surface area contributed by atoms with Crippen LogP contribution in [-0.2, 0) is 17.6 Å². The molecule has 1 heterocycles. The molecule has 1 aromatic heterocycles. The number of aryl methyl sites for hydroxylation is 1. The maximum Gasteiger partial charge on any atom is 0.230 e. The van der Waals surface area contributed by atoms with Crippen LogP contribution in [0.4, 0.5) is 5.13 Å². The molecule has 5 heteroatoms. The van der Waals surface area contributed by atoms with E-state index in [-0.39, 0.29) is 12.3 Å². The zero-order chi connectivity index (χ0) is 16.9. The first-order chi connectivity index (χ1) is 11.6. The number of nitrogens with one attached hydrogen (secondary N) is 1. The summed E-state index contributed by atoms with van der Waals surface area (Å²) in [7, 11) is 0. The van der Waals surface area contributed by atoms with Crippen molar-refractivity contribution in [1.29, 1.82) is 0 Å². The normalized spacial score (nSPS) is 10.6. The molecule has 0 saturated carbocycles. The Balaban J connectivity index is 1.65. The molecular formula is C19H17ClN2OS. The molecule has 0 fully saturated rings. The maximum absolute atomic E-state index is 12.1. The highest BCUT2D eigenvalue weighted by atomic mass is 35.5. The van der Waals surface area contributed by atoms with Crippen molar-refractivity contribution in [3.05, 3.63) is 70.1 Å². The summed E-state index contributed by atoms with van der Waals surface area (Å²) in [6.07, 6.45) is 1.29. The second-order valence-electron chi connectivity index (χ2n) is 5.44. The van der Waals surface area contributed by atoms with Gasteiger partial charge in [0.15, 0.2) is 5.13 Å². The van der Waals surface area contributed by atoms with Crippen molar-refractivity contribution in [2.24, 2.45) is 0 Å². The molecule has 0 spiro atoms. The van der Waals surface area contributed by atoms with Gasteiger partial charge in [0.1, 0.15) is 0 Å². The second kappa shape index (κ2) is 7.60. The highest BCUT2D eigenvalue weighted by molar-refractivity contribution is 7.14. The van der Waals surface area contributed by atoms with Crippen LogP contribution in [0.1, 0.15) is 18.1 Å². The van der Waals surface area contributed by atoms with Gasteiger partial charge >= 0.3 is 0 Å². The van der Waals surface area contributed by atoms with Crippen LogP contribution in [0.3, 0.4) is 0 Å². The zero-order valence-corrected chi connectivity index (χ0v) is 14.8. The van der Waals surface area contributed by atoms with Gasteiger partial charge in [-0.25, -0.2) is 4.98 Å². The molecule has 0 aliphatic heterocycles. The third-order valence-corrected chi connectivity index (χ3v) is 4.66. The van der Waals surface area contributed by atoms with E-state index in [2.05, 4.69) is 41.5 Å². The summed E-state index contributed by atoms with van der Waals surface area (Å²) in [6, 6.07) is 15.6. The number of nitrogens with zero attached hydrogens (tertiary/aromatic N) is 1. The maximum atomic E-state index is 12.1. The number of benzene rings is 2. The fourth-order valence-corrected chi connectivity index (χ4v) is 3.32. The van der Waals surface area contributed by atoms with Crippen molar-refractivity contribution in [2.45, 2.75) is 19.8 Å². The van der Waals surface area contributed by atoms with Crippen LogP contribution in [0, 0.1) is 0 Å². The molecule has 3 rings (SSSR count). The highest BCUT2D eigenvalue weighted by Gasteiger charge is 2.09. The Morgan fingerprint density at radius 2 is 1.96 bits per heavy atom. The van der Waals surface area contributed by atoms with Gasteiger partial charge in [-0.15, -0.1) is 11.3 Å². The van der Waals surface area contributed by atoms with E-state index in [4.69, 9.17) is 11.6 Å². The first kappa shape index (κ1) is 16.7. The summed E-state index contributed by atoms with van der Waals surface area (Å²) < 4.78 is 0. The van der Waals surface area contributed by atoms with Gasteiger partial charge < -0.3 is 5.32 Å². The lowest BCUT2D eigenvalue weighted by Crippen LogP contribution is -2.14. The second-order valence-corrected chi connectivity index (χ2v) is 6.74. The Morgan fingerprint density at radius 1 is 1.17 bits per heavy atom. The average molecular weight is 357 g/mol. The molecule has 0 aliphatic carbocycles.